The van der Waals surface area contributed by atoms with Crippen LogP contribution in [0.1, 0.15) is 36.9 Å². The predicted octanol–water partition coefficient (Wildman–Crippen LogP) is 3.10. The SMILES string of the molecule is CC(C)Cc1noc(COC(=O)/C=C/c2ccc(S(=O)(=O)NCc3ccco3)cc2)n1. The maximum atomic E-state index is 12.3. The Morgan fingerprint density at radius 3 is 2.68 bits per heavy atom. The van der Waals surface area contributed by atoms with Crippen molar-refractivity contribution >= 4 is 22.1 Å². The Balaban J connectivity index is 1.50. The number of nitrogens with one attached hydrogen (secondary N) is 1. The Morgan fingerprint density at radius 2 is 2.00 bits per heavy atom. The monoisotopic (exact) mass is 445 g/mol. The Bertz CT molecular complexity index is 1120. The van der Waals surface area contributed by atoms with Gasteiger partial charge >= 0.3 is 5.97 Å². The van der Waals surface area contributed by atoms with Gasteiger partial charge in [0.1, 0.15) is 5.76 Å². The van der Waals surface area contributed by atoms with Gasteiger partial charge in [-0.2, -0.15) is 4.98 Å². The van der Waals surface area contributed by atoms with Gasteiger partial charge in [0, 0.05) is 12.5 Å². The molecule has 0 aliphatic carbocycles. The van der Waals surface area contributed by atoms with Crippen LogP contribution in [-0.2, 0) is 39.1 Å². The first kappa shape index (κ1) is 22.4. The molecule has 0 radical (unpaired) electrons. The number of carbonyl (C=O) groups is 1. The number of hydrogen-bond donors (Lipinski definition) is 1. The molecule has 3 aromatic rings. The highest BCUT2D eigenvalue weighted by Crippen LogP contribution is 2.13. The summed E-state index contributed by atoms with van der Waals surface area (Å²) in [5.74, 6) is 1.13. The van der Waals surface area contributed by atoms with Crippen LogP contribution < -0.4 is 4.72 Å². The Hall–Kier alpha value is -3.24. The Kier molecular flexibility index (Phi) is 7.37. The molecule has 0 aliphatic heterocycles. The molecule has 0 atom stereocenters. The van der Waals surface area contributed by atoms with Gasteiger partial charge in [0.25, 0.3) is 5.89 Å². The zero-order chi connectivity index (χ0) is 22.3. The van der Waals surface area contributed by atoms with Crippen LogP contribution in [0.3, 0.4) is 0 Å². The molecule has 0 aliphatic rings. The molecule has 10 heteroatoms. The Labute approximate surface area is 180 Å². The molecule has 1 aromatic carbocycles. The van der Waals surface area contributed by atoms with Crippen LogP contribution in [0.2, 0.25) is 0 Å². The van der Waals surface area contributed by atoms with Gasteiger partial charge in [-0.05, 0) is 41.8 Å². The van der Waals surface area contributed by atoms with Gasteiger partial charge in [-0.3, -0.25) is 0 Å². The number of furan rings is 1. The van der Waals surface area contributed by atoms with E-state index in [0.29, 0.717) is 29.5 Å². The van der Waals surface area contributed by atoms with E-state index >= 15 is 0 Å². The van der Waals surface area contributed by atoms with E-state index in [0.717, 1.165) is 0 Å². The molecule has 31 heavy (non-hydrogen) atoms. The summed E-state index contributed by atoms with van der Waals surface area (Å²) in [5, 5.41) is 3.83. The van der Waals surface area contributed by atoms with Gasteiger partial charge in [0.15, 0.2) is 12.4 Å². The third kappa shape index (κ3) is 6.90. The topological polar surface area (TPSA) is 125 Å². The molecule has 164 valence electrons. The molecule has 3 rings (SSSR count). The fraction of sp³-hybridized carbons (Fsp3) is 0.286. The van der Waals surface area contributed by atoms with Crippen molar-refractivity contribution < 1.29 is 26.9 Å². The van der Waals surface area contributed by atoms with Gasteiger partial charge in [0.05, 0.1) is 17.7 Å². The summed E-state index contributed by atoms with van der Waals surface area (Å²) in [4.78, 5) is 16.1. The number of nitrogens with zero attached hydrogens (tertiary/aromatic N) is 2. The van der Waals surface area contributed by atoms with Crippen molar-refractivity contribution in [2.24, 2.45) is 5.92 Å². The number of ether oxygens (including phenoxy) is 1. The second-order valence-electron chi connectivity index (χ2n) is 7.12. The first-order chi connectivity index (χ1) is 14.8. The minimum absolute atomic E-state index is 0.0574. The number of hydrogen-bond acceptors (Lipinski definition) is 8. The molecule has 1 N–H and O–H groups in total. The highest BCUT2D eigenvalue weighted by molar-refractivity contribution is 7.89. The summed E-state index contributed by atoms with van der Waals surface area (Å²) in [6, 6.07) is 9.43. The van der Waals surface area contributed by atoms with E-state index in [1.807, 2.05) is 13.8 Å². The number of esters is 1. The number of carbonyl (C=O) groups excluding carboxylic acids is 1. The van der Waals surface area contributed by atoms with Crippen molar-refractivity contribution in [1.29, 1.82) is 0 Å². The quantitative estimate of drug-likeness (QED) is 0.373. The second kappa shape index (κ2) is 10.2. The lowest BCUT2D eigenvalue weighted by atomic mass is 10.1. The molecular weight excluding hydrogens is 422 g/mol. The van der Waals surface area contributed by atoms with Crippen molar-refractivity contribution in [2.45, 2.75) is 38.3 Å². The summed E-state index contributed by atoms with van der Waals surface area (Å²) in [7, 11) is -3.68. The second-order valence-corrected chi connectivity index (χ2v) is 8.88. The number of benzene rings is 1. The smallest absolute Gasteiger partial charge is 0.331 e. The van der Waals surface area contributed by atoms with E-state index in [1.165, 1.54) is 30.5 Å². The maximum absolute atomic E-state index is 12.3. The van der Waals surface area contributed by atoms with Crippen LogP contribution in [0.25, 0.3) is 6.08 Å². The van der Waals surface area contributed by atoms with Crippen LogP contribution in [0.4, 0.5) is 0 Å². The molecule has 0 spiro atoms. The molecule has 2 aromatic heterocycles. The summed E-state index contributed by atoms with van der Waals surface area (Å²) in [6.07, 6.45) is 4.92. The third-order valence-electron chi connectivity index (χ3n) is 4.06. The lowest BCUT2D eigenvalue weighted by Gasteiger charge is -2.05. The lowest BCUT2D eigenvalue weighted by Crippen LogP contribution is -2.22. The van der Waals surface area contributed by atoms with Crippen LogP contribution in [0.5, 0.6) is 0 Å². The van der Waals surface area contributed by atoms with Gasteiger partial charge in [-0.15, -0.1) is 0 Å². The minimum Gasteiger partial charge on any atom is -0.468 e. The normalized spacial score (nSPS) is 12.0. The molecule has 0 saturated heterocycles. The fourth-order valence-corrected chi connectivity index (χ4v) is 3.56. The summed E-state index contributed by atoms with van der Waals surface area (Å²) >= 11 is 0. The lowest BCUT2D eigenvalue weighted by molar-refractivity contribution is -0.139. The zero-order valence-corrected chi connectivity index (χ0v) is 18.0. The molecule has 0 fully saturated rings. The minimum atomic E-state index is -3.68. The number of sulfonamides is 1. The van der Waals surface area contributed by atoms with Gasteiger partial charge in [-0.1, -0.05) is 31.1 Å². The van der Waals surface area contributed by atoms with E-state index in [-0.39, 0.29) is 23.9 Å². The average molecular weight is 445 g/mol. The molecular formula is C21H23N3O6S. The predicted molar refractivity (Wildman–Crippen MR) is 111 cm³/mol. The summed E-state index contributed by atoms with van der Waals surface area (Å²) in [5.41, 5.74) is 0.638. The number of aromatic nitrogens is 2. The fourth-order valence-electron chi connectivity index (χ4n) is 2.56. The first-order valence-corrected chi connectivity index (χ1v) is 11.1. The van der Waals surface area contributed by atoms with E-state index in [4.69, 9.17) is 13.7 Å². The summed E-state index contributed by atoms with van der Waals surface area (Å²) in [6.45, 7) is 4.02. The highest BCUT2D eigenvalue weighted by atomic mass is 32.2. The first-order valence-electron chi connectivity index (χ1n) is 9.60. The van der Waals surface area contributed by atoms with Crippen molar-refractivity contribution in [3.05, 3.63) is 71.8 Å². The van der Waals surface area contributed by atoms with E-state index in [1.54, 1.807) is 24.3 Å². The summed E-state index contributed by atoms with van der Waals surface area (Å²) < 4.78 is 42.3. The van der Waals surface area contributed by atoms with E-state index < -0.39 is 16.0 Å². The third-order valence-corrected chi connectivity index (χ3v) is 5.47. The van der Waals surface area contributed by atoms with Crippen LogP contribution >= 0.6 is 0 Å². The van der Waals surface area contributed by atoms with E-state index in [2.05, 4.69) is 14.9 Å². The van der Waals surface area contributed by atoms with E-state index in [9.17, 15) is 13.2 Å². The van der Waals surface area contributed by atoms with Gasteiger partial charge in [-0.25, -0.2) is 17.9 Å². The molecule has 0 bridgehead atoms. The molecule has 0 unspecified atom stereocenters. The molecule has 2 heterocycles. The van der Waals surface area contributed by atoms with Gasteiger partial charge in [0.2, 0.25) is 10.0 Å². The largest absolute Gasteiger partial charge is 0.468 e. The Morgan fingerprint density at radius 1 is 1.23 bits per heavy atom. The van der Waals surface area contributed by atoms with Crippen molar-refractivity contribution in [2.75, 3.05) is 0 Å². The molecule has 0 amide bonds. The van der Waals surface area contributed by atoms with Crippen molar-refractivity contribution in [1.82, 2.24) is 14.9 Å². The highest BCUT2D eigenvalue weighted by Gasteiger charge is 2.14. The van der Waals surface area contributed by atoms with Gasteiger partial charge < -0.3 is 13.7 Å². The van der Waals surface area contributed by atoms with Crippen LogP contribution in [0, 0.1) is 5.92 Å². The maximum Gasteiger partial charge on any atom is 0.331 e. The standard InChI is InChI=1S/C21H23N3O6S/c1-15(2)12-19-23-20(30-24-19)14-29-21(25)10-7-16-5-8-18(9-6-16)31(26,27)22-13-17-4-3-11-28-17/h3-11,15,22H,12-14H2,1-2H3/b10-7+. The van der Waals surface area contributed by atoms with Crippen LogP contribution in [-0.4, -0.2) is 24.5 Å². The van der Waals surface area contributed by atoms with Crippen molar-refractivity contribution in [3.63, 3.8) is 0 Å². The average Bonchev–Trinajstić information content (AvgIpc) is 3.41. The van der Waals surface area contributed by atoms with Crippen LogP contribution in [0.15, 0.2) is 62.6 Å². The van der Waals surface area contributed by atoms with Crippen molar-refractivity contribution in [3.8, 4) is 0 Å². The number of rotatable bonds is 10. The zero-order valence-electron chi connectivity index (χ0n) is 17.1. The molecule has 9 nitrogen and oxygen atoms in total. The molecule has 0 saturated carbocycles.